The molecule has 0 saturated carbocycles. The third-order valence-corrected chi connectivity index (χ3v) is 0.167. The Kier molecular flexibility index (Phi) is 12.0. The topological polar surface area (TPSA) is 58.0 Å². The summed E-state index contributed by atoms with van der Waals surface area (Å²) in [6, 6.07) is 0. The summed E-state index contributed by atoms with van der Waals surface area (Å²) in [6.45, 7) is 6.72. The van der Waals surface area contributed by atoms with Crippen molar-refractivity contribution in [1.82, 2.24) is 0 Å². The average Bonchev–Trinajstić information content (AvgIpc) is 1.65. The highest BCUT2D eigenvalue weighted by molar-refractivity contribution is 7.60. The van der Waals surface area contributed by atoms with E-state index in [1.165, 1.54) is 0 Å². The van der Waals surface area contributed by atoms with Crippen LogP contribution >= 0.6 is 0 Å². The zero-order valence-corrected chi connectivity index (χ0v) is 5.11. The van der Waals surface area contributed by atoms with Gasteiger partial charge in [-0.2, -0.15) is 13.2 Å². The summed E-state index contributed by atoms with van der Waals surface area (Å²) in [4.78, 5) is 0. The number of nitrogens with one attached hydrogen (secondary N) is 1. The van der Waals surface area contributed by atoms with E-state index in [4.69, 9.17) is 13.2 Å². The highest BCUT2D eigenvalue weighted by atomic mass is 32.2. The lowest BCUT2D eigenvalue weighted by atomic mass is 10.6. The Bertz CT molecular complexity index is 141. The van der Waals surface area contributed by atoms with E-state index in [2.05, 4.69) is 13.2 Å². The molecule has 0 amide bonds. The van der Waals surface area contributed by atoms with E-state index < -0.39 is 10.5 Å². The molecule has 1 N–H and O–H groups in total. The van der Waals surface area contributed by atoms with E-state index in [-0.39, 0.29) is 0 Å². The molecule has 0 heterocycles. The van der Waals surface area contributed by atoms with E-state index in [0.717, 1.165) is 0 Å². The quantitative estimate of drug-likeness (QED) is 0.542. The Morgan fingerprint density at radius 3 is 1.38 bits per heavy atom. The second-order valence-electron chi connectivity index (χ2n) is 0.706. The van der Waals surface area contributed by atoms with Gasteiger partial charge in [0.05, 0.1) is 0 Å². The molecule has 0 rings (SSSR count). The predicted octanol–water partition coefficient (Wildman–Crippen LogP) is 0.986. The molecule has 0 saturated heterocycles. The van der Waals surface area contributed by atoms with E-state index in [1.54, 1.807) is 12.2 Å². The zero-order chi connectivity index (χ0) is 6.99. The van der Waals surface area contributed by atoms with Crippen LogP contribution < -0.4 is 0 Å². The maximum absolute atomic E-state index is 8.67. The molecule has 0 aliphatic heterocycles. The van der Waals surface area contributed by atoms with E-state index in [9.17, 15) is 0 Å². The van der Waals surface area contributed by atoms with Crippen LogP contribution in [0, 0.1) is 4.78 Å². The fourth-order valence-electron chi connectivity index (χ4n) is 0. The van der Waals surface area contributed by atoms with Gasteiger partial charge in [-0.15, -0.1) is 0 Å². The first kappa shape index (κ1) is 10.2. The molecule has 3 nitrogen and oxygen atoms in total. The van der Waals surface area contributed by atoms with Crippen molar-refractivity contribution in [2.75, 3.05) is 0 Å². The molecule has 0 unspecified atom stereocenters. The van der Waals surface area contributed by atoms with Crippen molar-refractivity contribution in [3.8, 4) is 0 Å². The molecule has 0 aromatic heterocycles. The summed E-state index contributed by atoms with van der Waals surface area (Å²) in [5, 5.41) is 0. The van der Waals surface area contributed by atoms with Crippen LogP contribution in [0.2, 0.25) is 0 Å². The predicted molar refractivity (Wildman–Crippen MR) is 32.0 cm³/mol. The van der Waals surface area contributed by atoms with Crippen molar-refractivity contribution >= 4 is 10.5 Å². The smallest absolute Gasteiger partial charge is 0.188 e. The molecule has 0 spiro atoms. The lowest BCUT2D eigenvalue weighted by molar-refractivity contribution is 0.620. The molecule has 0 aliphatic carbocycles. The van der Waals surface area contributed by atoms with Crippen molar-refractivity contribution in [1.29, 1.82) is 4.78 Å². The zero-order valence-electron chi connectivity index (χ0n) is 4.29. The van der Waals surface area contributed by atoms with Gasteiger partial charge in [0.2, 0.25) is 0 Å². The number of hydrogen-bond acceptors (Lipinski definition) is 3. The molecule has 46 valence electrons. The first-order valence-electron chi connectivity index (χ1n) is 1.69. The second kappa shape index (κ2) is 9.44. The van der Waals surface area contributed by atoms with Gasteiger partial charge in [0.15, 0.2) is 0 Å². The molecule has 8 heavy (non-hydrogen) atoms. The van der Waals surface area contributed by atoms with E-state index >= 15 is 0 Å². The molecular formula is C4H7NO2S. The van der Waals surface area contributed by atoms with Gasteiger partial charge in [-0.25, -0.2) is 0 Å². The van der Waals surface area contributed by atoms with Gasteiger partial charge in [-0.05, 0) is 0 Å². The molecule has 0 atom stereocenters. The molecule has 0 aromatic rings. The number of hydrogen-bond donors (Lipinski definition) is 1. The van der Waals surface area contributed by atoms with Gasteiger partial charge in [0.25, 0.3) is 0 Å². The normalized spacial score (nSPS) is 5.50. The largest absolute Gasteiger partial charge is 0.308 e. The van der Waals surface area contributed by atoms with E-state index in [1.807, 2.05) is 0 Å². The second-order valence-corrected chi connectivity index (χ2v) is 1.18. The summed E-state index contributed by atoms with van der Waals surface area (Å²) in [5.41, 5.74) is 0. The third kappa shape index (κ3) is 8570. The molecule has 0 fully saturated rings. The Labute approximate surface area is 49.8 Å². The summed E-state index contributed by atoms with van der Waals surface area (Å²) in [5.74, 6) is 0. The Morgan fingerprint density at radius 1 is 1.25 bits per heavy atom. The van der Waals surface area contributed by atoms with Gasteiger partial charge >= 0.3 is 10.5 Å². The van der Waals surface area contributed by atoms with Crippen LogP contribution in [0.5, 0.6) is 0 Å². The van der Waals surface area contributed by atoms with E-state index in [0.29, 0.717) is 0 Å². The number of rotatable bonds is 1. The molecular weight excluding hydrogens is 126 g/mol. The van der Waals surface area contributed by atoms with Gasteiger partial charge in [-0.3, -0.25) is 0 Å². The van der Waals surface area contributed by atoms with Crippen LogP contribution in [0.4, 0.5) is 0 Å². The monoisotopic (exact) mass is 133 g/mol. The Morgan fingerprint density at radius 2 is 1.38 bits per heavy atom. The molecule has 4 heteroatoms. The van der Waals surface area contributed by atoms with Crippen molar-refractivity contribution in [2.24, 2.45) is 0 Å². The summed E-state index contributed by atoms with van der Waals surface area (Å²) >= 11 is 0. The Hall–Kier alpha value is -0.900. The maximum Gasteiger partial charge on any atom is 0.308 e. The van der Waals surface area contributed by atoms with Gasteiger partial charge < -0.3 is 0 Å². The first-order valence-corrected chi connectivity index (χ1v) is 2.76. The van der Waals surface area contributed by atoms with Crippen molar-refractivity contribution in [2.45, 2.75) is 0 Å². The van der Waals surface area contributed by atoms with Crippen LogP contribution in [-0.2, 0) is 10.5 Å². The minimum atomic E-state index is -2.61. The first-order chi connectivity index (χ1) is 3.65. The minimum absolute atomic E-state index is 1.64. The average molecular weight is 133 g/mol. The highest BCUT2D eigenvalue weighted by Gasteiger charge is 1.32. The van der Waals surface area contributed by atoms with Crippen LogP contribution in [-0.4, -0.2) is 8.42 Å². The Balaban J connectivity index is 0. The summed E-state index contributed by atoms with van der Waals surface area (Å²) < 4.78 is 22.8. The highest BCUT2D eigenvalue weighted by Crippen LogP contribution is 1.52. The molecule has 0 aromatic carbocycles. The van der Waals surface area contributed by atoms with Gasteiger partial charge in [-0.1, -0.05) is 25.3 Å². The van der Waals surface area contributed by atoms with Crippen LogP contribution in [0.15, 0.2) is 25.3 Å². The van der Waals surface area contributed by atoms with Crippen LogP contribution in [0.1, 0.15) is 0 Å². The van der Waals surface area contributed by atoms with Crippen molar-refractivity contribution < 1.29 is 8.42 Å². The fourth-order valence-corrected chi connectivity index (χ4v) is 0. The lowest BCUT2D eigenvalue weighted by Crippen LogP contribution is -1.34. The fraction of sp³-hybridized carbons (Fsp3) is 0. The van der Waals surface area contributed by atoms with Crippen molar-refractivity contribution in [3.63, 3.8) is 0 Å². The molecule has 0 bridgehead atoms. The summed E-state index contributed by atoms with van der Waals surface area (Å²) in [7, 11) is -2.61. The standard InChI is InChI=1S/C4H6.HNO2S/c1-3-4-2;1-4(2)3/h3-4H,1-2H2;1H. The van der Waals surface area contributed by atoms with Crippen LogP contribution in [0.3, 0.4) is 0 Å². The van der Waals surface area contributed by atoms with Crippen molar-refractivity contribution in [3.05, 3.63) is 25.3 Å². The number of allylic oxidation sites excluding steroid dienone is 2. The van der Waals surface area contributed by atoms with Gasteiger partial charge in [0.1, 0.15) is 0 Å². The SMILES string of the molecule is C=CC=C.N=S(=O)=O. The summed E-state index contributed by atoms with van der Waals surface area (Å²) in [6.07, 6.45) is 3.28. The lowest BCUT2D eigenvalue weighted by Gasteiger charge is -1.44. The molecule has 0 radical (unpaired) electrons. The maximum atomic E-state index is 8.67. The molecule has 0 aliphatic rings. The third-order valence-electron chi connectivity index (χ3n) is 0.167. The van der Waals surface area contributed by atoms with Gasteiger partial charge in [0, 0.05) is 0 Å². The minimum Gasteiger partial charge on any atom is -0.188 e. The van der Waals surface area contributed by atoms with Crippen LogP contribution in [0.25, 0.3) is 0 Å².